The number of carbonyl (C=O) groups excluding carboxylic acids is 3. The molecule has 3 heterocycles. The number of aromatic nitrogens is 1. The predicted molar refractivity (Wildman–Crippen MR) is 120 cm³/mol. The number of aryl methyl sites for hydroxylation is 1. The molecule has 0 aliphatic carbocycles. The number of carbonyl (C=O) groups is 3. The fourth-order valence-corrected chi connectivity index (χ4v) is 4.18. The molecule has 1 aliphatic rings. The molecule has 7 nitrogen and oxygen atoms in total. The first-order valence-electron chi connectivity index (χ1n) is 9.86. The molecule has 0 saturated heterocycles. The molecule has 8 heteroatoms. The second-order valence-electron chi connectivity index (χ2n) is 7.32. The van der Waals surface area contributed by atoms with Gasteiger partial charge in [0.2, 0.25) is 0 Å². The Morgan fingerprint density at radius 1 is 1.06 bits per heavy atom. The summed E-state index contributed by atoms with van der Waals surface area (Å²) in [6.07, 6.45) is 1.49. The second-order valence-corrected chi connectivity index (χ2v) is 8.38. The van der Waals surface area contributed by atoms with E-state index in [0.29, 0.717) is 17.0 Å². The fraction of sp³-hybridized carbons (Fsp3) is 0.0833. The van der Waals surface area contributed by atoms with Gasteiger partial charge in [0.05, 0.1) is 34.6 Å². The number of hydrogen-bond acceptors (Lipinski definition) is 6. The molecule has 0 saturated carbocycles. The van der Waals surface area contributed by atoms with Crippen LogP contribution in [-0.2, 0) is 6.54 Å². The van der Waals surface area contributed by atoms with Crippen molar-refractivity contribution in [3.05, 3.63) is 93.7 Å². The maximum absolute atomic E-state index is 12.8. The van der Waals surface area contributed by atoms with Gasteiger partial charge in [-0.3, -0.25) is 19.3 Å². The summed E-state index contributed by atoms with van der Waals surface area (Å²) in [4.78, 5) is 43.7. The van der Waals surface area contributed by atoms with E-state index in [2.05, 4.69) is 10.3 Å². The lowest BCUT2D eigenvalue weighted by molar-refractivity contribution is 0.0631. The molecule has 0 atom stereocenters. The van der Waals surface area contributed by atoms with Crippen LogP contribution in [0.15, 0.2) is 70.7 Å². The fourth-order valence-electron chi connectivity index (χ4n) is 3.56. The Kier molecular flexibility index (Phi) is 4.91. The molecule has 2 aromatic carbocycles. The van der Waals surface area contributed by atoms with Gasteiger partial charge in [0.15, 0.2) is 0 Å². The lowest BCUT2D eigenvalue weighted by Gasteiger charge is -2.11. The van der Waals surface area contributed by atoms with Crippen LogP contribution in [0.2, 0.25) is 0 Å². The van der Waals surface area contributed by atoms with Gasteiger partial charge in [-0.25, -0.2) is 4.98 Å². The molecule has 0 fully saturated rings. The van der Waals surface area contributed by atoms with Crippen LogP contribution in [0.4, 0.5) is 5.69 Å². The van der Waals surface area contributed by atoms with Crippen molar-refractivity contribution in [1.29, 1.82) is 0 Å². The normalized spacial score (nSPS) is 12.8. The second kappa shape index (κ2) is 7.90. The molecule has 0 unspecified atom stereocenters. The van der Waals surface area contributed by atoms with Crippen LogP contribution < -0.4 is 5.32 Å². The van der Waals surface area contributed by atoms with Crippen LogP contribution in [0.5, 0.6) is 0 Å². The molecule has 32 heavy (non-hydrogen) atoms. The molecular weight excluding hydrogens is 426 g/mol. The molecule has 3 amide bonds. The van der Waals surface area contributed by atoms with E-state index in [4.69, 9.17) is 4.42 Å². The summed E-state index contributed by atoms with van der Waals surface area (Å²) in [5.74, 6) is -0.705. The smallest absolute Gasteiger partial charge is 0.261 e. The highest BCUT2D eigenvalue weighted by atomic mass is 32.1. The molecular formula is C24H17N3O4S. The van der Waals surface area contributed by atoms with E-state index in [0.717, 1.165) is 21.2 Å². The number of fused-ring (bicyclic) bond motifs is 1. The minimum atomic E-state index is -0.445. The van der Waals surface area contributed by atoms with Crippen LogP contribution in [0.1, 0.15) is 41.8 Å². The molecule has 4 aromatic rings. The van der Waals surface area contributed by atoms with E-state index in [1.54, 1.807) is 41.7 Å². The Balaban J connectivity index is 1.32. The van der Waals surface area contributed by atoms with Gasteiger partial charge in [-0.15, -0.1) is 11.3 Å². The van der Waals surface area contributed by atoms with E-state index < -0.39 is 11.8 Å². The average Bonchev–Trinajstić information content (AvgIpc) is 3.52. The van der Waals surface area contributed by atoms with E-state index in [-0.39, 0.29) is 23.6 Å². The summed E-state index contributed by atoms with van der Waals surface area (Å²) in [6, 6.07) is 15.3. The highest BCUT2D eigenvalue weighted by Gasteiger charge is 2.36. The van der Waals surface area contributed by atoms with E-state index in [1.807, 2.05) is 24.4 Å². The number of benzene rings is 2. The number of rotatable bonds is 5. The molecule has 1 aliphatic heterocycles. The zero-order chi connectivity index (χ0) is 22.2. The van der Waals surface area contributed by atoms with Crippen molar-refractivity contribution in [3.63, 3.8) is 0 Å². The highest BCUT2D eigenvalue weighted by molar-refractivity contribution is 7.09. The van der Waals surface area contributed by atoms with Crippen molar-refractivity contribution < 1.29 is 18.8 Å². The number of thiazole rings is 1. The van der Waals surface area contributed by atoms with Gasteiger partial charge in [-0.2, -0.15) is 0 Å². The lowest BCUT2D eigenvalue weighted by Crippen LogP contribution is -2.28. The minimum Gasteiger partial charge on any atom is -0.467 e. The van der Waals surface area contributed by atoms with Crippen LogP contribution in [-0.4, -0.2) is 27.6 Å². The topological polar surface area (TPSA) is 92.5 Å². The van der Waals surface area contributed by atoms with Crippen molar-refractivity contribution in [2.75, 3.05) is 5.32 Å². The number of amides is 3. The van der Waals surface area contributed by atoms with Gasteiger partial charge >= 0.3 is 0 Å². The van der Waals surface area contributed by atoms with E-state index in [9.17, 15) is 14.4 Å². The van der Waals surface area contributed by atoms with Gasteiger partial charge in [0.1, 0.15) is 5.76 Å². The van der Waals surface area contributed by atoms with Gasteiger partial charge in [0.25, 0.3) is 17.7 Å². The molecule has 0 spiro atoms. The van der Waals surface area contributed by atoms with E-state index in [1.165, 1.54) is 18.4 Å². The molecule has 5 rings (SSSR count). The first-order valence-corrected chi connectivity index (χ1v) is 10.7. The number of furan rings is 1. The van der Waals surface area contributed by atoms with Gasteiger partial charge in [-0.1, -0.05) is 12.1 Å². The Labute approximate surface area is 187 Å². The summed E-state index contributed by atoms with van der Waals surface area (Å²) in [5.41, 5.74) is 3.26. The third kappa shape index (κ3) is 3.61. The number of hydrogen-bond donors (Lipinski definition) is 1. The summed E-state index contributed by atoms with van der Waals surface area (Å²) < 4.78 is 5.24. The van der Waals surface area contributed by atoms with Crippen molar-refractivity contribution in [1.82, 2.24) is 9.88 Å². The number of anilines is 1. The quantitative estimate of drug-likeness (QED) is 0.449. The van der Waals surface area contributed by atoms with Gasteiger partial charge in [0, 0.05) is 22.2 Å². The molecule has 1 N–H and O–H groups in total. The zero-order valence-electron chi connectivity index (χ0n) is 17.0. The van der Waals surface area contributed by atoms with Crippen molar-refractivity contribution >= 4 is 34.7 Å². The van der Waals surface area contributed by atoms with Crippen LogP contribution in [0.25, 0.3) is 11.3 Å². The molecule has 0 bridgehead atoms. The average molecular weight is 443 g/mol. The SMILES string of the molecule is Cc1nc(-c2ccc(NC(=O)c3ccc4c(c3)C(=O)N(Cc3ccco3)C4=O)cc2)cs1. The maximum Gasteiger partial charge on any atom is 0.261 e. The summed E-state index contributed by atoms with van der Waals surface area (Å²) in [6.45, 7) is 2.00. The Hall–Kier alpha value is -4.04. The molecule has 158 valence electrons. The van der Waals surface area contributed by atoms with Crippen molar-refractivity contribution in [3.8, 4) is 11.3 Å². The highest BCUT2D eigenvalue weighted by Crippen LogP contribution is 2.27. The first-order chi connectivity index (χ1) is 15.5. The van der Waals surface area contributed by atoms with Crippen LogP contribution in [0, 0.1) is 6.92 Å². The summed E-state index contributed by atoms with van der Waals surface area (Å²) in [5, 5.41) is 5.80. The summed E-state index contributed by atoms with van der Waals surface area (Å²) in [7, 11) is 0. The largest absolute Gasteiger partial charge is 0.467 e. The van der Waals surface area contributed by atoms with Crippen LogP contribution in [0.3, 0.4) is 0 Å². The van der Waals surface area contributed by atoms with Crippen molar-refractivity contribution in [2.24, 2.45) is 0 Å². The van der Waals surface area contributed by atoms with Gasteiger partial charge < -0.3 is 9.73 Å². The minimum absolute atomic E-state index is 0.0474. The number of nitrogens with zero attached hydrogens (tertiary/aromatic N) is 2. The third-order valence-electron chi connectivity index (χ3n) is 5.18. The third-order valence-corrected chi connectivity index (χ3v) is 5.96. The summed E-state index contributed by atoms with van der Waals surface area (Å²) >= 11 is 1.58. The number of nitrogens with one attached hydrogen (secondary N) is 1. The van der Waals surface area contributed by atoms with Crippen molar-refractivity contribution in [2.45, 2.75) is 13.5 Å². The lowest BCUT2D eigenvalue weighted by atomic mass is 10.1. The first kappa shape index (κ1) is 19.9. The predicted octanol–water partition coefficient (Wildman–Crippen LogP) is 4.76. The zero-order valence-corrected chi connectivity index (χ0v) is 17.8. The molecule has 2 aromatic heterocycles. The van der Waals surface area contributed by atoms with E-state index >= 15 is 0 Å². The standard InChI is InChI=1S/C24H17N3O4S/c1-14-25-21(13-32-14)15-4-7-17(8-5-15)26-22(28)16-6-9-19-20(11-16)24(30)27(23(19)29)12-18-3-2-10-31-18/h2-11,13H,12H2,1H3,(H,26,28). The van der Waals surface area contributed by atoms with Crippen LogP contribution >= 0.6 is 11.3 Å². The monoisotopic (exact) mass is 443 g/mol. The maximum atomic E-state index is 12.8. The Morgan fingerprint density at radius 3 is 2.53 bits per heavy atom. The van der Waals surface area contributed by atoms with Gasteiger partial charge in [-0.05, 0) is 49.4 Å². The number of imide groups is 1. The Bertz CT molecular complexity index is 1340. The molecule has 0 radical (unpaired) electrons. The Morgan fingerprint density at radius 2 is 1.84 bits per heavy atom.